The molecule has 7 heteroatoms. The van der Waals surface area contributed by atoms with Gasteiger partial charge in [-0.3, -0.25) is 4.79 Å². The Morgan fingerprint density at radius 1 is 1.10 bits per heavy atom. The Balaban J connectivity index is 1.63. The lowest BCUT2D eigenvalue weighted by atomic mass is 9.72. The van der Waals surface area contributed by atoms with Crippen molar-refractivity contribution in [2.45, 2.75) is 24.7 Å². The second kappa shape index (κ2) is 7.89. The van der Waals surface area contributed by atoms with E-state index in [-0.39, 0.29) is 17.3 Å². The summed E-state index contributed by atoms with van der Waals surface area (Å²) in [4.78, 5) is 13.5. The highest BCUT2D eigenvalue weighted by Crippen LogP contribution is 2.46. The first-order valence-electron chi connectivity index (χ1n) is 9.91. The van der Waals surface area contributed by atoms with Crippen LogP contribution in [0.3, 0.4) is 0 Å². The summed E-state index contributed by atoms with van der Waals surface area (Å²) in [6, 6.07) is 16.2. The van der Waals surface area contributed by atoms with Crippen molar-refractivity contribution >= 4 is 21.6 Å². The molecule has 2 heterocycles. The summed E-state index contributed by atoms with van der Waals surface area (Å²) in [6.07, 6.45) is 1.36. The molecule has 2 aliphatic heterocycles. The van der Waals surface area contributed by atoms with Crippen LogP contribution in [0, 0.1) is 18.3 Å². The predicted octanol–water partition coefficient (Wildman–Crippen LogP) is 3.05. The van der Waals surface area contributed by atoms with E-state index in [1.54, 1.807) is 18.2 Å². The highest BCUT2D eigenvalue weighted by molar-refractivity contribution is 7.89. The van der Waals surface area contributed by atoms with E-state index in [0.29, 0.717) is 32.6 Å². The van der Waals surface area contributed by atoms with Crippen molar-refractivity contribution in [3.05, 3.63) is 60.2 Å². The molecule has 2 saturated heterocycles. The van der Waals surface area contributed by atoms with Crippen LogP contribution in [0.1, 0.15) is 18.4 Å². The highest BCUT2D eigenvalue weighted by atomic mass is 32.2. The standard InChI is InChI=1S/C22H26N2O4S/c1-17-6-5-9-19(14-17)29(26,27)24-15-20(22(16-24)10-12-28-13-11-22)21(25)23-18-7-3-2-4-8-18/h2-9,14,20H,10-13,15-16H2,1H3,(H,23,25). The lowest BCUT2D eigenvalue weighted by Gasteiger charge is -2.37. The third-order valence-corrected chi connectivity index (χ3v) is 7.90. The third kappa shape index (κ3) is 3.95. The van der Waals surface area contributed by atoms with E-state index in [4.69, 9.17) is 4.74 Å². The van der Waals surface area contributed by atoms with Gasteiger partial charge in [-0.2, -0.15) is 4.31 Å². The molecular weight excluding hydrogens is 388 g/mol. The van der Waals surface area contributed by atoms with E-state index in [9.17, 15) is 13.2 Å². The van der Waals surface area contributed by atoms with Crippen LogP contribution in [0.2, 0.25) is 0 Å². The van der Waals surface area contributed by atoms with Crippen molar-refractivity contribution in [2.75, 3.05) is 31.6 Å². The maximum Gasteiger partial charge on any atom is 0.243 e. The zero-order chi connectivity index (χ0) is 20.5. The Morgan fingerprint density at radius 3 is 2.52 bits per heavy atom. The van der Waals surface area contributed by atoms with Crippen LogP contribution in [-0.2, 0) is 19.6 Å². The molecule has 2 fully saturated rings. The lowest BCUT2D eigenvalue weighted by Crippen LogP contribution is -2.42. The number of amides is 1. The quantitative estimate of drug-likeness (QED) is 0.834. The molecule has 0 radical (unpaired) electrons. The summed E-state index contributed by atoms with van der Waals surface area (Å²) in [5.74, 6) is -0.536. The van der Waals surface area contributed by atoms with Crippen LogP contribution in [-0.4, -0.2) is 44.9 Å². The average Bonchev–Trinajstić information content (AvgIpc) is 3.09. The number of sulfonamides is 1. The molecule has 1 atom stereocenters. The second-order valence-electron chi connectivity index (χ2n) is 8.00. The first-order valence-corrected chi connectivity index (χ1v) is 11.4. The summed E-state index contributed by atoms with van der Waals surface area (Å²) in [6.45, 7) is 3.51. The van der Waals surface area contributed by atoms with E-state index >= 15 is 0 Å². The Kier molecular flexibility index (Phi) is 5.46. The van der Waals surface area contributed by atoms with Crippen molar-refractivity contribution in [3.8, 4) is 0 Å². The Morgan fingerprint density at radius 2 is 1.83 bits per heavy atom. The van der Waals surface area contributed by atoms with E-state index < -0.39 is 21.4 Å². The SMILES string of the molecule is Cc1cccc(S(=O)(=O)N2CC(C(=O)Nc3ccccc3)C3(CCOCC3)C2)c1. The van der Waals surface area contributed by atoms with Gasteiger partial charge in [0.15, 0.2) is 0 Å². The molecule has 1 unspecified atom stereocenters. The maximum absolute atomic E-state index is 13.3. The normalized spacial score (nSPS) is 21.9. The molecule has 2 aliphatic rings. The third-order valence-electron chi connectivity index (χ3n) is 6.09. The fourth-order valence-electron chi connectivity index (χ4n) is 4.43. The van der Waals surface area contributed by atoms with E-state index in [1.807, 2.05) is 43.3 Å². The Hall–Kier alpha value is -2.22. The van der Waals surface area contributed by atoms with Gasteiger partial charge in [-0.25, -0.2) is 8.42 Å². The molecule has 0 aromatic heterocycles. The Labute approximate surface area is 171 Å². The lowest BCUT2D eigenvalue weighted by molar-refractivity contribution is -0.124. The van der Waals surface area contributed by atoms with Crippen molar-refractivity contribution < 1.29 is 17.9 Å². The van der Waals surface area contributed by atoms with Crippen LogP contribution in [0.4, 0.5) is 5.69 Å². The number of aryl methyl sites for hydroxylation is 1. The van der Waals surface area contributed by atoms with Gasteiger partial charge >= 0.3 is 0 Å². The summed E-state index contributed by atoms with van der Waals surface area (Å²) >= 11 is 0. The summed E-state index contributed by atoms with van der Waals surface area (Å²) in [5.41, 5.74) is 1.22. The van der Waals surface area contributed by atoms with Crippen LogP contribution < -0.4 is 5.32 Å². The number of nitrogens with one attached hydrogen (secondary N) is 1. The molecule has 0 saturated carbocycles. The molecule has 0 aliphatic carbocycles. The van der Waals surface area contributed by atoms with Gasteiger partial charge in [-0.1, -0.05) is 30.3 Å². The van der Waals surface area contributed by atoms with Crippen LogP contribution >= 0.6 is 0 Å². The highest BCUT2D eigenvalue weighted by Gasteiger charge is 2.53. The van der Waals surface area contributed by atoms with Gasteiger partial charge in [0.2, 0.25) is 15.9 Å². The van der Waals surface area contributed by atoms with Gasteiger partial charge in [0.1, 0.15) is 0 Å². The number of rotatable bonds is 4. The van der Waals surface area contributed by atoms with Gasteiger partial charge in [0.25, 0.3) is 0 Å². The minimum Gasteiger partial charge on any atom is -0.381 e. The number of para-hydroxylation sites is 1. The summed E-state index contributed by atoms with van der Waals surface area (Å²) < 4.78 is 33.6. The fourth-order valence-corrected chi connectivity index (χ4v) is 6.08. The van der Waals surface area contributed by atoms with Crippen LogP contribution in [0.25, 0.3) is 0 Å². The molecule has 1 N–H and O–H groups in total. The van der Waals surface area contributed by atoms with Gasteiger partial charge < -0.3 is 10.1 Å². The van der Waals surface area contributed by atoms with E-state index in [1.165, 1.54) is 4.31 Å². The van der Waals surface area contributed by atoms with E-state index in [2.05, 4.69) is 5.32 Å². The minimum absolute atomic E-state index is 0.125. The number of hydrogen-bond donors (Lipinski definition) is 1. The van der Waals surface area contributed by atoms with Gasteiger partial charge in [-0.05, 0) is 49.6 Å². The molecular formula is C22H26N2O4S. The molecule has 1 amide bonds. The maximum atomic E-state index is 13.3. The van der Waals surface area contributed by atoms with E-state index in [0.717, 1.165) is 11.3 Å². The molecule has 2 aromatic carbocycles. The number of ether oxygens (including phenoxy) is 1. The molecule has 6 nitrogen and oxygen atoms in total. The number of benzene rings is 2. The first-order chi connectivity index (χ1) is 13.9. The largest absolute Gasteiger partial charge is 0.381 e. The molecule has 2 aromatic rings. The summed E-state index contributed by atoms with van der Waals surface area (Å²) in [5, 5.41) is 2.98. The van der Waals surface area contributed by atoms with Crippen molar-refractivity contribution in [1.29, 1.82) is 0 Å². The number of hydrogen-bond acceptors (Lipinski definition) is 4. The molecule has 4 rings (SSSR count). The second-order valence-corrected chi connectivity index (χ2v) is 9.93. The zero-order valence-corrected chi connectivity index (χ0v) is 17.3. The Bertz CT molecular complexity index is 985. The number of carbonyl (C=O) groups excluding carboxylic acids is 1. The molecule has 154 valence electrons. The van der Waals surface area contributed by atoms with Gasteiger partial charge in [-0.15, -0.1) is 0 Å². The smallest absolute Gasteiger partial charge is 0.243 e. The van der Waals surface area contributed by atoms with Crippen molar-refractivity contribution in [2.24, 2.45) is 11.3 Å². The predicted molar refractivity (Wildman–Crippen MR) is 111 cm³/mol. The zero-order valence-electron chi connectivity index (χ0n) is 16.5. The molecule has 0 bridgehead atoms. The van der Waals surface area contributed by atoms with Crippen LogP contribution in [0.5, 0.6) is 0 Å². The first kappa shape index (κ1) is 20.1. The monoisotopic (exact) mass is 414 g/mol. The van der Waals surface area contributed by atoms with Gasteiger partial charge in [0, 0.05) is 37.4 Å². The average molecular weight is 415 g/mol. The molecule has 1 spiro atoms. The number of carbonyl (C=O) groups is 1. The number of nitrogens with zero attached hydrogens (tertiary/aromatic N) is 1. The minimum atomic E-state index is -3.66. The van der Waals surface area contributed by atoms with Crippen molar-refractivity contribution in [3.63, 3.8) is 0 Å². The van der Waals surface area contributed by atoms with Gasteiger partial charge in [0.05, 0.1) is 10.8 Å². The topological polar surface area (TPSA) is 75.7 Å². The summed E-state index contributed by atoms with van der Waals surface area (Å²) in [7, 11) is -3.66. The fraction of sp³-hybridized carbons (Fsp3) is 0.409. The molecule has 29 heavy (non-hydrogen) atoms. The number of anilines is 1. The van der Waals surface area contributed by atoms with Crippen molar-refractivity contribution in [1.82, 2.24) is 4.31 Å². The van der Waals surface area contributed by atoms with Crippen LogP contribution in [0.15, 0.2) is 59.5 Å².